The Hall–Kier alpha value is -1.44. The van der Waals surface area contributed by atoms with Crippen LogP contribution in [0, 0.1) is 11.8 Å². The summed E-state index contributed by atoms with van der Waals surface area (Å²) in [5, 5.41) is 3.39. The minimum atomic E-state index is -3.19. The largest absolute Gasteiger partial charge is 0.368 e. The second kappa shape index (κ2) is 8.00. The molecule has 1 aromatic carbocycles. The highest BCUT2D eigenvalue weighted by Gasteiger charge is 2.36. The van der Waals surface area contributed by atoms with Crippen LogP contribution < -0.4 is 4.90 Å². The van der Waals surface area contributed by atoms with E-state index in [0.29, 0.717) is 5.92 Å². The van der Waals surface area contributed by atoms with Crippen molar-refractivity contribution in [1.82, 2.24) is 4.90 Å². The van der Waals surface area contributed by atoms with Gasteiger partial charge in [0.1, 0.15) is 0 Å². The number of anilines is 1. The molecule has 0 atom stereocenters. The number of fused-ring (bicyclic) bond motifs is 1. The summed E-state index contributed by atoms with van der Waals surface area (Å²) in [6, 6.07) is 8.88. The lowest BCUT2D eigenvalue weighted by atomic mass is 9.74. The van der Waals surface area contributed by atoms with E-state index < -0.39 is 10.0 Å². The van der Waals surface area contributed by atoms with E-state index in [-0.39, 0.29) is 5.25 Å². The van der Waals surface area contributed by atoms with Crippen LogP contribution in [0.5, 0.6) is 0 Å². The molecule has 5 rings (SSSR count). The summed E-state index contributed by atoms with van der Waals surface area (Å²) in [6.45, 7) is 5.59. The van der Waals surface area contributed by atoms with E-state index in [1.807, 2.05) is 11.3 Å². The van der Waals surface area contributed by atoms with Gasteiger partial charge in [-0.25, -0.2) is 8.42 Å². The smallest absolute Gasteiger partial charge is 0.255 e. The van der Waals surface area contributed by atoms with Gasteiger partial charge in [0.2, 0.25) is 0 Å². The number of hydrogen-bond acceptors (Lipinski definition) is 5. The maximum absolute atomic E-state index is 11.8. The predicted molar refractivity (Wildman–Crippen MR) is 122 cm³/mol. The summed E-state index contributed by atoms with van der Waals surface area (Å²) in [7, 11) is -3.19. The average Bonchev–Trinajstić information content (AvgIpc) is 3.45. The van der Waals surface area contributed by atoms with Gasteiger partial charge in [-0.1, -0.05) is 6.07 Å². The van der Waals surface area contributed by atoms with E-state index in [0.717, 1.165) is 64.3 Å². The lowest BCUT2D eigenvalue weighted by Crippen LogP contribution is -2.47. The molecule has 0 N–H and O–H groups in total. The Labute approximate surface area is 177 Å². The molecule has 29 heavy (non-hydrogen) atoms. The summed E-state index contributed by atoms with van der Waals surface area (Å²) >= 11 is 1.82. The van der Waals surface area contributed by atoms with Crippen LogP contribution in [0.3, 0.4) is 0 Å². The quantitative estimate of drug-likeness (QED) is 0.622. The van der Waals surface area contributed by atoms with Gasteiger partial charge in [-0.3, -0.25) is 4.90 Å². The molecule has 2 saturated carbocycles. The molecule has 3 aliphatic rings. The maximum Gasteiger partial charge on any atom is 0.255 e. The van der Waals surface area contributed by atoms with Gasteiger partial charge in [0, 0.05) is 48.2 Å². The fourth-order valence-electron chi connectivity index (χ4n) is 4.60. The van der Waals surface area contributed by atoms with E-state index in [2.05, 4.69) is 43.8 Å². The van der Waals surface area contributed by atoms with Gasteiger partial charge in [-0.2, -0.15) is 4.40 Å². The van der Waals surface area contributed by atoms with Gasteiger partial charge in [-0.15, -0.1) is 11.3 Å². The summed E-state index contributed by atoms with van der Waals surface area (Å²) in [6.07, 6.45) is 6.73. The highest BCUT2D eigenvalue weighted by molar-refractivity contribution is 7.91. The van der Waals surface area contributed by atoms with Gasteiger partial charge >= 0.3 is 0 Å². The summed E-state index contributed by atoms with van der Waals surface area (Å²) in [5.74, 6) is 1.10. The number of rotatable bonds is 7. The Morgan fingerprint density at radius 3 is 2.66 bits per heavy atom. The molecule has 2 aliphatic carbocycles. The van der Waals surface area contributed by atoms with Crippen LogP contribution in [0.15, 0.2) is 34.0 Å². The van der Waals surface area contributed by atoms with Crippen LogP contribution in [0.25, 0.3) is 10.1 Å². The Morgan fingerprint density at radius 2 is 1.90 bits per heavy atom. The molecule has 0 amide bonds. The standard InChI is InChI=1S/C22H29N3O2S2/c26-29(27,19-4-5-19)23-16-18-14-17(15-18)6-8-24-9-11-25(12-10-24)21-2-1-3-22-20(21)7-13-28-22/h1-3,7,13,16-19H,4-6,8-12,14-15H2/b23-16+. The van der Waals surface area contributed by atoms with Gasteiger partial charge < -0.3 is 4.90 Å². The number of piperazine rings is 1. The second-order valence-electron chi connectivity index (χ2n) is 8.79. The van der Waals surface area contributed by atoms with Crippen molar-refractivity contribution in [2.75, 3.05) is 37.6 Å². The first-order chi connectivity index (χ1) is 14.1. The zero-order valence-electron chi connectivity index (χ0n) is 16.7. The first kappa shape index (κ1) is 19.5. The zero-order chi connectivity index (χ0) is 19.8. The molecule has 3 fully saturated rings. The van der Waals surface area contributed by atoms with Crippen molar-refractivity contribution >= 4 is 43.3 Å². The van der Waals surface area contributed by atoms with E-state index >= 15 is 0 Å². The van der Waals surface area contributed by atoms with Crippen molar-refractivity contribution in [1.29, 1.82) is 0 Å². The van der Waals surface area contributed by atoms with E-state index in [4.69, 9.17) is 0 Å². The van der Waals surface area contributed by atoms with Crippen LogP contribution in [0.2, 0.25) is 0 Å². The van der Waals surface area contributed by atoms with E-state index in [1.165, 1.54) is 22.2 Å². The monoisotopic (exact) mass is 431 g/mol. The Balaban J connectivity index is 1.04. The van der Waals surface area contributed by atoms with Gasteiger partial charge in [0.05, 0.1) is 5.25 Å². The van der Waals surface area contributed by atoms with Crippen LogP contribution >= 0.6 is 11.3 Å². The van der Waals surface area contributed by atoms with Gasteiger partial charge in [-0.05, 0) is 74.1 Å². The SMILES string of the molecule is O=S(=O)(/N=C/C1CC(CCN2CCN(c3cccc4sccc34)CC2)C1)C1CC1. The Bertz CT molecular complexity index is 982. The predicted octanol–water partition coefficient (Wildman–Crippen LogP) is 4.00. The summed E-state index contributed by atoms with van der Waals surface area (Å²) < 4.78 is 28.9. The average molecular weight is 432 g/mol. The lowest BCUT2D eigenvalue weighted by molar-refractivity contribution is 0.186. The minimum Gasteiger partial charge on any atom is -0.368 e. The van der Waals surface area contributed by atoms with Crippen molar-refractivity contribution < 1.29 is 8.42 Å². The minimum absolute atomic E-state index is 0.181. The highest BCUT2D eigenvalue weighted by Crippen LogP contribution is 2.36. The molecule has 2 heterocycles. The van der Waals surface area contributed by atoms with Gasteiger partial charge in [0.15, 0.2) is 0 Å². The molecule has 1 saturated heterocycles. The number of sulfonamides is 1. The molecule has 0 bridgehead atoms. The second-order valence-corrected chi connectivity index (χ2v) is 11.6. The molecule has 0 unspecified atom stereocenters. The fourth-order valence-corrected chi connectivity index (χ4v) is 6.65. The molecular weight excluding hydrogens is 402 g/mol. The van der Waals surface area contributed by atoms with Crippen LogP contribution in [-0.2, 0) is 10.0 Å². The molecule has 0 spiro atoms. The lowest BCUT2D eigenvalue weighted by Gasteiger charge is -2.39. The van der Waals surface area contributed by atoms with Crippen molar-refractivity contribution in [2.45, 2.75) is 37.4 Å². The Kier molecular flexibility index (Phi) is 5.39. The van der Waals surface area contributed by atoms with Crippen molar-refractivity contribution in [3.05, 3.63) is 29.6 Å². The Morgan fingerprint density at radius 1 is 1.10 bits per heavy atom. The normalized spacial score (nSPS) is 26.3. The third-order valence-electron chi connectivity index (χ3n) is 6.68. The molecule has 7 heteroatoms. The molecule has 0 radical (unpaired) electrons. The van der Waals surface area contributed by atoms with E-state index in [1.54, 1.807) is 6.21 Å². The third kappa shape index (κ3) is 4.37. The molecule has 5 nitrogen and oxygen atoms in total. The fraction of sp³-hybridized carbons (Fsp3) is 0.591. The molecule has 1 aliphatic heterocycles. The van der Waals surface area contributed by atoms with Crippen LogP contribution in [-0.4, -0.2) is 57.5 Å². The third-order valence-corrected chi connectivity index (χ3v) is 9.29. The van der Waals surface area contributed by atoms with Crippen molar-refractivity contribution in [3.63, 3.8) is 0 Å². The molecule has 156 valence electrons. The maximum atomic E-state index is 11.8. The van der Waals surface area contributed by atoms with Crippen molar-refractivity contribution in [3.8, 4) is 0 Å². The van der Waals surface area contributed by atoms with E-state index in [9.17, 15) is 8.42 Å². The first-order valence-corrected chi connectivity index (χ1v) is 13.2. The number of thiophene rings is 1. The number of hydrogen-bond donors (Lipinski definition) is 0. The summed E-state index contributed by atoms with van der Waals surface area (Å²) in [5.41, 5.74) is 1.38. The van der Waals surface area contributed by atoms with Crippen molar-refractivity contribution in [2.24, 2.45) is 16.2 Å². The molecular formula is C22H29N3O2S2. The first-order valence-electron chi connectivity index (χ1n) is 10.8. The van der Waals surface area contributed by atoms with Crippen LogP contribution in [0.1, 0.15) is 32.1 Å². The summed E-state index contributed by atoms with van der Waals surface area (Å²) in [4.78, 5) is 5.12. The topological polar surface area (TPSA) is 53.0 Å². The van der Waals surface area contributed by atoms with Crippen LogP contribution in [0.4, 0.5) is 5.69 Å². The molecule has 2 aromatic rings. The number of benzene rings is 1. The number of nitrogens with zero attached hydrogens (tertiary/aromatic N) is 3. The zero-order valence-corrected chi connectivity index (χ0v) is 18.4. The molecule has 1 aromatic heterocycles. The van der Waals surface area contributed by atoms with Gasteiger partial charge in [0.25, 0.3) is 10.0 Å². The highest BCUT2D eigenvalue weighted by atomic mass is 32.2.